The number of nitrogens with zero attached hydrogens (tertiary/aromatic N) is 2. The van der Waals surface area contributed by atoms with Crippen LogP contribution in [-0.2, 0) is 20.9 Å². The van der Waals surface area contributed by atoms with E-state index >= 15 is 0 Å². The number of aryl methyl sites for hydroxylation is 1. The van der Waals surface area contributed by atoms with Crippen molar-refractivity contribution in [3.63, 3.8) is 0 Å². The van der Waals surface area contributed by atoms with E-state index in [1.165, 1.54) is 18.7 Å². The van der Waals surface area contributed by atoms with E-state index in [-0.39, 0.29) is 18.3 Å². The van der Waals surface area contributed by atoms with Gasteiger partial charge < -0.3 is 9.64 Å². The van der Waals surface area contributed by atoms with Crippen LogP contribution in [-0.4, -0.2) is 35.4 Å². The van der Waals surface area contributed by atoms with Crippen LogP contribution in [0.2, 0.25) is 0 Å². The first-order valence-corrected chi connectivity index (χ1v) is 8.08. The number of pyridine rings is 1. The molecule has 0 radical (unpaired) electrons. The van der Waals surface area contributed by atoms with E-state index in [0.717, 1.165) is 11.1 Å². The molecule has 0 aliphatic rings. The van der Waals surface area contributed by atoms with Crippen LogP contribution in [0.3, 0.4) is 0 Å². The SMILES string of the molecule is COC(=O)CCN(Cc1cccnc1)C(=O)/C=C/c1ccc(C)cc1. The third-order valence-corrected chi connectivity index (χ3v) is 3.72. The molecule has 1 aromatic carbocycles. The molecule has 1 amide bonds. The lowest BCUT2D eigenvalue weighted by molar-refractivity contribution is -0.141. The molecule has 0 fully saturated rings. The molecule has 5 nitrogen and oxygen atoms in total. The van der Waals surface area contributed by atoms with Crippen molar-refractivity contribution in [3.05, 3.63) is 71.6 Å². The standard InChI is InChI=1S/C20H22N2O3/c1-16-5-7-17(8-6-16)9-10-19(23)22(13-11-20(24)25-2)15-18-4-3-12-21-14-18/h3-10,12,14H,11,13,15H2,1-2H3/b10-9+. The van der Waals surface area contributed by atoms with Crippen LogP contribution in [0.1, 0.15) is 23.1 Å². The molecular weight excluding hydrogens is 316 g/mol. The number of rotatable bonds is 7. The minimum atomic E-state index is -0.341. The van der Waals surface area contributed by atoms with Crippen LogP contribution >= 0.6 is 0 Å². The van der Waals surface area contributed by atoms with Crippen molar-refractivity contribution in [2.24, 2.45) is 0 Å². The summed E-state index contributed by atoms with van der Waals surface area (Å²) in [6, 6.07) is 11.6. The molecule has 0 saturated carbocycles. The lowest BCUT2D eigenvalue weighted by Gasteiger charge is -2.20. The van der Waals surface area contributed by atoms with Gasteiger partial charge in [-0.1, -0.05) is 35.9 Å². The van der Waals surface area contributed by atoms with Gasteiger partial charge in [0.15, 0.2) is 0 Å². The zero-order valence-electron chi connectivity index (χ0n) is 14.5. The molecular formula is C20H22N2O3. The maximum atomic E-state index is 12.6. The largest absolute Gasteiger partial charge is 0.469 e. The summed E-state index contributed by atoms with van der Waals surface area (Å²) in [5.74, 6) is -0.500. The fourth-order valence-electron chi connectivity index (χ4n) is 2.26. The van der Waals surface area contributed by atoms with Crippen LogP contribution in [0.4, 0.5) is 0 Å². The van der Waals surface area contributed by atoms with Gasteiger partial charge in [-0.05, 0) is 30.2 Å². The van der Waals surface area contributed by atoms with Crippen molar-refractivity contribution in [3.8, 4) is 0 Å². The highest BCUT2D eigenvalue weighted by atomic mass is 16.5. The van der Waals surface area contributed by atoms with Crippen LogP contribution in [0.5, 0.6) is 0 Å². The Morgan fingerprint density at radius 3 is 2.60 bits per heavy atom. The van der Waals surface area contributed by atoms with Crippen molar-refractivity contribution in [1.29, 1.82) is 0 Å². The number of esters is 1. The van der Waals surface area contributed by atoms with E-state index in [9.17, 15) is 9.59 Å². The maximum absolute atomic E-state index is 12.6. The van der Waals surface area contributed by atoms with Gasteiger partial charge in [-0.2, -0.15) is 0 Å². The lowest BCUT2D eigenvalue weighted by atomic mass is 10.1. The van der Waals surface area contributed by atoms with Gasteiger partial charge in [0.2, 0.25) is 5.91 Å². The predicted molar refractivity (Wildman–Crippen MR) is 96.5 cm³/mol. The molecule has 0 spiro atoms. The number of hydrogen-bond acceptors (Lipinski definition) is 4. The Hall–Kier alpha value is -2.95. The highest BCUT2D eigenvalue weighted by Gasteiger charge is 2.13. The van der Waals surface area contributed by atoms with Gasteiger partial charge in [0.25, 0.3) is 0 Å². The number of hydrogen-bond donors (Lipinski definition) is 0. The highest BCUT2D eigenvalue weighted by Crippen LogP contribution is 2.08. The molecule has 1 heterocycles. The van der Waals surface area contributed by atoms with Gasteiger partial charge in [0, 0.05) is 31.6 Å². The molecule has 2 rings (SSSR count). The summed E-state index contributed by atoms with van der Waals surface area (Å²) < 4.78 is 4.66. The second-order valence-corrected chi connectivity index (χ2v) is 5.69. The molecule has 2 aromatic rings. The number of benzene rings is 1. The summed E-state index contributed by atoms with van der Waals surface area (Å²) in [7, 11) is 1.34. The normalized spacial score (nSPS) is 10.6. The molecule has 0 saturated heterocycles. The monoisotopic (exact) mass is 338 g/mol. The minimum absolute atomic E-state index is 0.154. The summed E-state index contributed by atoms with van der Waals surface area (Å²) in [5, 5.41) is 0. The molecule has 0 aliphatic carbocycles. The zero-order chi connectivity index (χ0) is 18.1. The molecule has 0 N–H and O–H groups in total. The summed E-state index contributed by atoms with van der Waals surface area (Å²) in [6.07, 6.45) is 6.85. The molecule has 0 bridgehead atoms. The number of aromatic nitrogens is 1. The minimum Gasteiger partial charge on any atom is -0.469 e. The molecule has 0 unspecified atom stereocenters. The fourth-order valence-corrected chi connectivity index (χ4v) is 2.26. The van der Waals surface area contributed by atoms with E-state index < -0.39 is 0 Å². The highest BCUT2D eigenvalue weighted by molar-refractivity contribution is 5.92. The van der Waals surface area contributed by atoms with Gasteiger partial charge in [-0.25, -0.2) is 0 Å². The van der Waals surface area contributed by atoms with Gasteiger partial charge in [0.1, 0.15) is 0 Å². The predicted octanol–water partition coefficient (Wildman–Crippen LogP) is 3.00. The number of carbonyl (C=O) groups excluding carboxylic acids is 2. The Bertz CT molecular complexity index is 724. The van der Waals surface area contributed by atoms with E-state index in [2.05, 4.69) is 9.72 Å². The van der Waals surface area contributed by atoms with Crippen molar-refractivity contribution < 1.29 is 14.3 Å². The number of carbonyl (C=O) groups is 2. The number of methoxy groups -OCH3 is 1. The maximum Gasteiger partial charge on any atom is 0.307 e. The molecule has 0 atom stereocenters. The first-order valence-electron chi connectivity index (χ1n) is 8.08. The second kappa shape index (κ2) is 9.37. The van der Waals surface area contributed by atoms with Crippen molar-refractivity contribution >= 4 is 18.0 Å². The quantitative estimate of drug-likeness (QED) is 0.575. The number of amides is 1. The van der Waals surface area contributed by atoms with Crippen molar-refractivity contribution in [2.75, 3.05) is 13.7 Å². The van der Waals surface area contributed by atoms with Crippen molar-refractivity contribution in [1.82, 2.24) is 9.88 Å². The van der Waals surface area contributed by atoms with E-state index in [1.807, 2.05) is 43.3 Å². The Labute approximate surface area is 147 Å². The Kier molecular flexibility index (Phi) is 6.89. The smallest absolute Gasteiger partial charge is 0.307 e. The summed E-state index contributed by atoms with van der Waals surface area (Å²) in [6.45, 7) is 2.70. The fraction of sp³-hybridized carbons (Fsp3) is 0.250. The number of ether oxygens (including phenoxy) is 1. The molecule has 0 aliphatic heterocycles. The van der Waals surface area contributed by atoms with E-state index in [4.69, 9.17) is 0 Å². The topological polar surface area (TPSA) is 59.5 Å². The lowest BCUT2D eigenvalue weighted by Crippen LogP contribution is -2.31. The molecule has 5 heteroatoms. The van der Waals surface area contributed by atoms with E-state index in [1.54, 1.807) is 23.4 Å². The van der Waals surface area contributed by atoms with Crippen LogP contribution in [0.25, 0.3) is 6.08 Å². The summed E-state index contributed by atoms with van der Waals surface area (Å²) >= 11 is 0. The average Bonchev–Trinajstić information content (AvgIpc) is 2.64. The van der Waals surface area contributed by atoms with Crippen LogP contribution in [0.15, 0.2) is 54.9 Å². The average molecular weight is 338 g/mol. The van der Waals surface area contributed by atoms with Gasteiger partial charge in [0.05, 0.1) is 13.5 Å². The van der Waals surface area contributed by atoms with Crippen molar-refractivity contribution in [2.45, 2.75) is 19.9 Å². The third kappa shape index (κ3) is 6.22. The van der Waals surface area contributed by atoms with Gasteiger partial charge in [-0.15, -0.1) is 0 Å². The van der Waals surface area contributed by atoms with E-state index in [0.29, 0.717) is 13.1 Å². The first kappa shape index (κ1) is 18.4. The zero-order valence-corrected chi connectivity index (χ0v) is 14.5. The molecule has 1 aromatic heterocycles. The Morgan fingerprint density at radius 2 is 1.96 bits per heavy atom. The summed E-state index contributed by atoms with van der Waals surface area (Å²) in [5.41, 5.74) is 3.03. The van der Waals surface area contributed by atoms with Gasteiger partial charge >= 0.3 is 5.97 Å². The van der Waals surface area contributed by atoms with Crippen LogP contribution < -0.4 is 0 Å². The van der Waals surface area contributed by atoms with Crippen LogP contribution in [0, 0.1) is 6.92 Å². The second-order valence-electron chi connectivity index (χ2n) is 5.69. The van der Waals surface area contributed by atoms with Gasteiger partial charge in [-0.3, -0.25) is 14.6 Å². The first-order chi connectivity index (χ1) is 12.1. The Balaban J connectivity index is 2.07. The summed E-state index contributed by atoms with van der Waals surface area (Å²) in [4.78, 5) is 29.6. The molecule has 25 heavy (non-hydrogen) atoms. The third-order valence-electron chi connectivity index (χ3n) is 3.72. The molecule has 130 valence electrons. The Morgan fingerprint density at radius 1 is 1.20 bits per heavy atom.